The van der Waals surface area contributed by atoms with Gasteiger partial charge in [-0.05, 0) is 48.6 Å². The summed E-state index contributed by atoms with van der Waals surface area (Å²) in [6, 6.07) is 11.3. The van der Waals surface area contributed by atoms with Crippen LogP contribution in [0.2, 0.25) is 0 Å². The minimum atomic E-state index is -4.44. The molecule has 174 valence electrons. The molecule has 1 atom stereocenters. The lowest BCUT2D eigenvalue weighted by molar-refractivity contribution is -0.137. The van der Waals surface area contributed by atoms with Crippen LogP contribution in [0.4, 0.5) is 13.2 Å². The van der Waals surface area contributed by atoms with Crippen molar-refractivity contribution in [2.45, 2.75) is 44.9 Å². The average Bonchev–Trinajstić information content (AvgIpc) is 2.75. The molecule has 1 unspecified atom stereocenters. The second-order valence-electron chi connectivity index (χ2n) is 7.40. The Morgan fingerprint density at radius 1 is 1.09 bits per heavy atom. The van der Waals surface area contributed by atoms with Gasteiger partial charge in [-0.1, -0.05) is 37.3 Å². The van der Waals surface area contributed by atoms with Gasteiger partial charge in [0.1, 0.15) is 0 Å². The van der Waals surface area contributed by atoms with Crippen molar-refractivity contribution in [2.24, 2.45) is 0 Å². The molecule has 2 aromatic carbocycles. The monoisotopic (exact) mass is 452 g/mol. The number of alkyl halides is 3. The van der Waals surface area contributed by atoms with Gasteiger partial charge in [0.25, 0.3) is 0 Å². The molecular formula is C23H27F3N2O4. The number of carbonyl (C=O) groups is 2. The van der Waals surface area contributed by atoms with Gasteiger partial charge in [0.2, 0.25) is 5.91 Å². The van der Waals surface area contributed by atoms with Crippen LogP contribution < -0.4 is 5.43 Å². The molecule has 2 aromatic rings. The number of benzene rings is 2. The van der Waals surface area contributed by atoms with Gasteiger partial charge in [-0.15, -0.1) is 0 Å². The predicted molar refractivity (Wildman–Crippen MR) is 113 cm³/mol. The molecule has 6 nitrogen and oxygen atoms in total. The van der Waals surface area contributed by atoms with Crippen molar-refractivity contribution in [3.63, 3.8) is 0 Å². The highest BCUT2D eigenvalue weighted by Gasteiger charge is 2.30. The standard InChI is InChI=1S/C23H27F3N2O4/c1-2-21(30)28(27-12-10-16-6-8-18(9-7-16)22(31)32)13-11-20(29)15-17-4-3-5-19(14-17)23(24,25)26/h3-9,14,20,27,29H,2,10-13,15H2,1H3,(H,31,32). The fourth-order valence-corrected chi connectivity index (χ4v) is 3.16. The summed E-state index contributed by atoms with van der Waals surface area (Å²) in [4.78, 5) is 23.1. The molecule has 0 spiro atoms. The average molecular weight is 452 g/mol. The van der Waals surface area contributed by atoms with Gasteiger partial charge in [-0.2, -0.15) is 13.2 Å². The summed E-state index contributed by atoms with van der Waals surface area (Å²) in [5.74, 6) is -1.17. The number of carboxylic acids is 1. The number of amides is 1. The number of hydrazine groups is 1. The number of halogens is 3. The van der Waals surface area contributed by atoms with Crippen LogP contribution >= 0.6 is 0 Å². The number of rotatable bonds is 11. The van der Waals surface area contributed by atoms with Gasteiger partial charge in [0.15, 0.2) is 0 Å². The SMILES string of the molecule is CCC(=O)N(CCC(O)Cc1cccc(C(F)(F)F)c1)NCCc1ccc(C(=O)O)cc1. The fraction of sp³-hybridized carbons (Fsp3) is 0.391. The summed E-state index contributed by atoms with van der Waals surface area (Å²) in [6.07, 6.45) is -4.29. The molecule has 0 aromatic heterocycles. The Balaban J connectivity index is 1.86. The van der Waals surface area contributed by atoms with Gasteiger partial charge in [-0.3, -0.25) is 9.80 Å². The zero-order chi connectivity index (χ0) is 23.7. The molecule has 3 N–H and O–H groups in total. The van der Waals surface area contributed by atoms with Gasteiger partial charge < -0.3 is 10.2 Å². The summed E-state index contributed by atoms with van der Waals surface area (Å²) in [7, 11) is 0. The number of carbonyl (C=O) groups excluding carboxylic acids is 1. The van der Waals surface area contributed by atoms with E-state index < -0.39 is 23.8 Å². The molecule has 2 rings (SSSR count). The number of aliphatic hydroxyl groups is 1. The number of hydrogen-bond donors (Lipinski definition) is 3. The Morgan fingerprint density at radius 3 is 2.38 bits per heavy atom. The molecule has 0 fully saturated rings. The summed E-state index contributed by atoms with van der Waals surface area (Å²) in [5.41, 5.74) is 3.72. The molecule has 32 heavy (non-hydrogen) atoms. The topological polar surface area (TPSA) is 89.9 Å². The fourth-order valence-electron chi connectivity index (χ4n) is 3.16. The van der Waals surface area contributed by atoms with Gasteiger partial charge in [-0.25, -0.2) is 10.2 Å². The molecule has 0 radical (unpaired) electrons. The summed E-state index contributed by atoms with van der Waals surface area (Å²) < 4.78 is 38.5. The van der Waals surface area contributed by atoms with Crippen LogP contribution in [0.25, 0.3) is 0 Å². The Hall–Kier alpha value is -2.91. The highest BCUT2D eigenvalue weighted by Crippen LogP contribution is 2.29. The molecule has 0 aliphatic carbocycles. The van der Waals surface area contributed by atoms with E-state index in [2.05, 4.69) is 5.43 Å². The molecule has 1 amide bonds. The van der Waals surface area contributed by atoms with Crippen molar-refractivity contribution in [1.29, 1.82) is 0 Å². The zero-order valence-electron chi connectivity index (χ0n) is 17.7. The molecule has 0 saturated carbocycles. The van der Waals surface area contributed by atoms with Crippen molar-refractivity contribution >= 4 is 11.9 Å². The highest BCUT2D eigenvalue weighted by atomic mass is 19.4. The van der Waals surface area contributed by atoms with E-state index in [9.17, 15) is 27.9 Å². The highest BCUT2D eigenvalue weighted by molar-refractivity contribution is 5.87. The third kappa shape index (κ3) is 7.97. The Morgan fingerprint density at radius 2 is 1.78 bits per heavy atom. The maximum Gasteiger partial charge on any atom is 0.416 e. The van der Waals surface area contributed by atoms with Crippen molar-refractivity contribution in [2.75, 3.05) is 13.1 Å². The lowest BCUT2D eigenvalue weighted by atomic mass is 10.0. The lowest BCUT2D eigenvalue weighted by Crippen LogP contribution is -2.45. The van der Waals surface area contributed by atoms with Gasteiger partial charge in [0, 0.05) is 19.5 Å². The molecular weight excluding hydrogens is 425 g/mol. The van der Waals surface area contributed by atoms with Crippen LogP contribution in [0.5, 0.6) is 0 Å². The first kappa shape index (κ1) is 25.4. The van der Waals surface area contributed by atoms with Crippen LogP contribution in [-0.2, 0) is 23.8 Å². The maximum atomic E-state index is 12.8. The van der Waals surface area contributed by atoms with E-state index in [0.717, 1.165) is 17.7 Å². The van der Waals surface area contributed by atoms with Crippen LogP contribution in [0.15, 0.2) is 48.5 Å². The number of aromatic carboxylic acids is 1. The largest absolute Gasteiger partial charge is 0.478 e. The third-order valence-corrected chi connectivity index (χ3v) is 4.93. The van der Waals surface area contributed by atoms with Crippen LogP contribution in [0.3, 0.4) is 0 Å². The molecule has 9 heteroatoms. The van der Waals surface area contributed by atoms with E-state index in [4.69, 9.17) is 5.11 Å². The first-order valence-corrected chi connectivity index (χ1v) is 10.3. The predicted octanol–water partition coefficient (Wildman–Crippen LogP) is 3.68. The molecule has 0 aliphatic heterocycles. The minimum Gasteiger partial charge on any atom is -0.478 e. The Labute approximate surface area is 184 Å². The first-order chi connectivity index (χ1) is 15.1. The van der Waals surface area contributed by atoms with E-state index >= 15 is 0 Å². The van der Waals surface area contributed by atoms with E-state index in [1.54, 1.807) is 19.1 Å². The van der Waals surface area contributed by atoms with Crippen molar-refractivity contribution in [1.82, 2.24) is 10.4 Å². The second kappa shape index (κ2) is 11.6. The normalized spacial score (nSPS) is 12.4. The molecule has 0 bridgehead atoms. The number of aliphatic hydroxyl groups excluding tert-OH is 1. The summed E-state index contributed by atoms with van der Waals surface area (Å²) in [5, 5.41) is 20.6. The Kier molecular flexibility index (Phi) is 9.22. The van der Waals surface area contributed by atoms with Crippen molar-refractivity contribution in [3.05, 3.63) is 70.8 Å². The van der Waals surface area contributed by atoms with Crippen LogP contribution in [0.1, 0.15) is 46.8 Å². The quantitative estimate of drug-likeness (QED) is 0.453. The molecule has 0 heterocycles. The third-order valence-electron chi connectivity index (χ3n) is 4.93. The summed E-state index contributed by atoms with van der Waals surface area (Å²) in [6.45, 7) is 2.33. The van der Waals surface area contributed by atoms with E-state index in [1.165, 1.54) is 29.3 Å². The van der Waals surface area contributed by atoms with Crippen LogP contribution in [-0.4, -0.2) is 46.3 Å². The van der Waals surface area contributed by atoms with E-state index in [0.29, 0.717) is 18.5 Å². The number of nitrogens with zero attached hydrogens (tertiary/aromatic N) is 1. The van der Waals surface area contributed by atoms with E-state index in [-0.39, 0.29) is 37.3 Å². The lowest BCUT2D eigenvalue weighted by Gasteiger charge is -2.24. The molecule has 0 saturated heterocycles. The second-order valence-corrected chi connectivity index (χ2v) is 7.40. The zero-order valence-corrected chi connectivity index (χ0v) is 17.7. The first-order valence-electron chi connectivity index (χ1n) is 10.3. The minimum absolute atomic E-state index is 0.0496. The van der Waals surface area contributed by atoms with Gasteiger partial charge in [0.05, 0.1) is 17.2 Å². The van der Waals surface area contributed by atoms with Crippen molar-refractivity contribution in [3.8, 4) is 0 Å². The molecule has 0 aliphatic rings. The smallest absolute Gasteiger partial charge is 0.416 e. The number of carboxylic acid groups (broad SMARTS) is 1. The van der Waals surface area contributed by atoms with E-state index in [1.807, 2.05) is 0 Å². The number of hydrogen-bond acceptors (Lipinski definition) is 4. The number of nitrogens with one attached hydrogen (secondary N) is 1. The maximum absolute atomic E-state index is 12.8. The Bertz CT molecular complexity index is 901. The summed E-state index contributed by atoms with van der Waals surface area (Å²) >= 11 is 0. The van der Waals surface area contributed by atoms with Gasteiger partial charge >= 0.3 is 12.1 Å². The van der Waals surface area contributed by atoms with Crippen molar-refractivity contribution < 1.29 is 33.0 Å². The van der Waals surface area contributed by atoms with Crippen LogP contribution in [0, 0.1) is 0 Å².